The molecule has 10 heteroatoms. The third kappa shape index (κ3) is 29.5. The van der Waals surface area contributed by atoms with Crippen molar-refractivity contribution >= 4 is 11.9 Å². The average Bonchev–Trinajstić information content (AvgIpc) is 3.21. The van der Waals surface area contributed by atoms with Gasteiger partial charge in [-0.05, 0) is 32.1 Å². The maximum Gasteiger partial charge on any atom is 0.306 e. The summed E-state index contributed by atoms with van der Waals surface area (Å²) in [4.78, 5) is 25.3. The van der Waals surface area contributed by atoms with Crippen molar-refractivity contribution in [2.24, 2.45) is 0 Å². The Morgan fingerprint density at radius 2 is 1.04 bits per heavy atom. The van der Waals surface area contributed by atoms with Gasteiger partial charge in [0, 0.05) is 12.8 Å². The topological polar surface area (TPSA) is 152 Å². The van der Waals surface area contributed by atoms with E-state index >= 15 is 0 Å². The van der Waals surface area contributed by atoms with E-state index < -0.39 is 49.4 Å². The van der Waals surface area contributed by atoms with Crippen LogP contribution in [0.2, 0.25) is 0 Å². The number of hydrogen-bond acceptors (Lipinski definition) is 10. The molecule has 0 aromatic rings. The largest absolute Gasteiger partial charge is 0.462 e. The number of hydrogen-bond donors (Lipinski definition) is 4. The Morgan fingerprint density at radius 1 is 0.561 bits per heavy atom. The summed E-state index contributed by atoms with van der Waals surface area (Å²) >= 11 is 0. The van der Waals surface area contributed by atoms with Crippen molar-refractivity contribution in [3.63, 3.8) is 0 Å². The van der Waals surface area contributed by atoms with E-state index in [0.717, 1.165) is 57.8 Å². The Labute approximate surface area is 346 Å². The molecule has 0 saturated carbocycles. The van der Waals surface area contributed by atoms with Crippen LogP contribution in [0.5, 0.6) is 0 Å². The van der Waals surface area contributed by atoms with Gasteiger partial charge in [-0.25, -0.2) is 0 Å². The highest BCUT2D eigenvalue weighted by Gasteiger charge is 2.44. The number of ether oxygens (including phenoxy) is 4. The van der Waals surface area contributed by atoms with Crippen LogP contribution in [0.25, 0.3) is 0 Å². The zero-order valence-corrected chi connectivity index (χ0v) is 35.8. The van der Waals surface area contributed by atoms with E-state index in [2.05, 4.69) is 32.1 Å². The van der Waals surface area contributed by atoms with Crippen molar-refractivity contribution in [3.05, 3.63) is 48.6 Å². The van der Waals surface area contributed by atoms with E-state index in [4.69, 9.17) is 18.9 Å². The molecule has 1 aliphatic rings. The van der Waals surface area contributed by atoms with Gasteiger partial charge in [0.25, 0.3) is 0 Å². The summed E-state index contributed by atoms with van der Waals surface area (Å²) < 4.78 is 22.1. The molecule has 1 saturated heterocycles. The Balaban J connectivity index is 2.33. The minimum absolute atomic E-state index is 0.204. The molecule has 330 valence electrons. The van der Waals surface area contributed by atoms with Gasteiger partial charge in [-0.1, -0.05) is 184 Å². The minimum atomic E-state index is -1.60. The van der Waals surface area contributed by atoms with Crippen LogP contribution in [-0.2, 0) is 28.5 Å². The zero-order chi connectivity index (χ0) is 41.6. The monoisotopic (exact) mass is 807 g/mol. The molecule has 2 unspecified atom stereocenters. The van der Waals surface area contributed by atoms with Gasteiger partial charge in [-0.2, -0.15) is 0 Å². The molecule has 1 fully saturated rings. The van der Waals surface area contributed by atoms with Crippen LogP contribution in [-0.4, -0.2) is 89.0 Å². The van der Waals surface area contributed by atoms with Gasteiger partial charge in [0.1, 0.15) is 31.0 Å². The Bertz CT molecular complexity index is 1070. The summed E-state index contributed by atoms with van der Waals surface area (Å²) in [6.07, 6.45) is 36.9. The molecule has 1 heterocycles. The second-order valence-electron chi connectivity index (χ2n) is 15.6. The number of allylic oxidation sites excluding steroid dienone is 8. The van der Waals surface area contributed by atoms with Gasteiger partial charge in [0.15, 0.2) is 12.4 Å². The SMILES string of the molecule is CC/C=C/C=C/C=C/C=C/CCCCCCCC(=O)O[C@@H](COC(=O)CCCCCCCCCCCCCCCCCCC)CO[C@H]1O[C@@H](CO)[C@@H](O)C(O)C1O. The number of esters is 2. The van der Waals surface area contributed by atoms with Gasteiger partial charge in [-0.15, -0.1) is 0 Å². The second-order valence-corrected chi connectivity index (χ2v) is 15.6. The first-order valence-corrected chi connectivity index (χ1v) is 22.8. The third-order valence-electron chi connectivity index (χ3n) is 10.3. The molecule has 1 aliphatic heterocycles. The Kier molecular flexibility index (Phi) is 35.0. The fourth-order valence-corrected chi connectivity index (χ4v) is 6.73. The lowest BCUT2D eigenvalue weighted by Crippen LogP contribution is -2.59. The normalized spacial score (nSPS) is 20.7. The van der Waals surface area contributed by atoms with Crippen molar-refractivity contribution in [1.82, 2.24) is 0 Å². The summed E-state index contributed by atoms with van der Waals surface area (Å²) in [5.74, 6) is -0.831. The van der Waals surface area contributed by atoms with E-state index in [9.17, 15) is 30.0 Å². The van der Waals surface area contributed by atoms with Crippen molar-refractivity contribution in [3.8, 4) is 0 Å². The predicted molar refractivity (Wildman–Crippen MR) is 229 cm³/mol. The number of rotatable bonds is 37. The Morgan fingerprint density at radius 3 is 1.56 bits per heavy atom. The summed E-state index contributed by atoms with van der Waals surface area (Å²) in [6, 6.07) is 0. The first-order chi connectivity index (χ1) is 27.8. The molecular weight excluding hydrogens is 725 g/mol. The smallest absolute Gasteiger partial charge is 0.306 e. The first kappa shape index (κ1) is 52.7. The van der Waals surface area contributed by atoms with Crippen molar-refractivity contribution < 1.29 is 49.0 Å². The fraction of sp³-hybridized carbons (Fsp3) is 0.787. The fourth-order valence-electron chi connectivity index (χ4n) is 6.73. The number of aliphatic hydroxyl groups is 4. The molecule has 57 heavy (non-hydrogen) atoms. The van der Waals surface area contributed by atoms with Crippen LogP contribution >= 0.6 is 0 Å². The van der Waals surface area contributed by atoms with E-state index in [1.165, 1.54) is 89.9 Å². The Hall–Kier alpha value is -2.34. The zero-order valence-electron chi connectivity index (χ0n) is 35.8. The third-order valence-corrected chi connectivity index (χ3v) is 10.3. The minimum Gasteiger partial charge on any atom is -0.462 e. The summed E-state index contributed by atoms with van der Waals surface area (Å²) in [6.45, 7) is 3.27. The molecule has 0 radical (unpaired) electrons. The van der Waals surface area contributed by atoms with Crippen molar-refractivity contribution in [1.29, 1.82) is 0 Å². The summed E-state index contributed by atoms with van der Waals surface area (Å²) in [5.41, 5.74) is 0. The van der Waals surface area contributed by atoms with Gasteiger partial charge < -0.3 is 39.4 Å². The summed E-state index contributed by atoms with van der Waals surface area (Å²) in [5, 5.41) is 40.1. The highest BCUT2D eigenvalue weighted by Crippen LogP contribution is 2.23. The molecule has 0 aromatic carbocycles. The van der Waals surface area contributed by atoms with Crippen LogP contribution in [0.15, 0.2) is 48.6 Å². The second kappa shape index (κ2) is 37.9. The molecule has 0 amide bonds. The lowest BCUT2D eigenvalue weighted by molar-refractivity contribution is -0.305. The van der Waals surface area contributed by atoms with Gasteiger partial charge >= 0.3 is 11.9 Å². The highest BCUT2D eigenvalue weighted by atomic mass is 16.7. The summed E-state index contributed by atoms with van der Waals surface area (Å²) in [7, 11) is 0. The molecule has 0 bridgehead atoms. The number of carbonyl (C=O) groups is 2. The standard InChI is InChI=1S/C47H82O10/c1-3-5-7-9-11-13-15-17-19-20-22-23-25-27-29-31-33-35-42(49)54-38-40(39-55-47-46(53)45(52)44(51)41(37-48)57-47)56-43(50)36-34-32-30-28-26-24-21-18-16-14-12-10-8-6-4-2/h6,8,10,12,14,16,18,21,40-41,44-48,51-53H,3-5,7,9,11,13,15,17,19-20,22-39H2,1-2H3/b8-6+,12-10+,16-14+,21-18+/t40-,41-,44+,45?,46?,47-/m0/s1. The molecule has 10 nitrogen and oxygen atoms in total. The average molecular weight is 807 g/mol. The van der Waals surface area contributed by atoms with Crippen molar-refractivity contribution in [2.45, 2.75) is 218 Å². The number of carbonyl (C=O) groups excluding carboxylic acids is 2. The van der Waals surface area contributed by atoms with Crippen LogP contribution in [0.3, 0.4) is 0 Å². The van der Waals surface area contributed by atoms with Gasteiger partial charge in [-0.3, -0.25) is 9.59 Å². The molecule has 0 spiro atoms. The number of aliphatic hydroxyl groups excluding tert-OH is 4. The maximum atomic E-state index is 12.8. The lowest BCUT2D eigenvalue weighted by atomic mass is 9.99. The van der Waals surface area contributed by atoms with E-state index in [0.29, 0.717) is 6.42 Å². The van der Waals surface area contributed by atoms with E-state index in [1.54, 1.807) is 0 Å². The van der Waals surface area contributed by atoms with E-state index in [1.807, 2.05) is 30.4 Å². The van der Waals surface area contributed by atoms with Gasteiger partial charge in [0.05, 0.1) is 13.2 Å². The number of unbranched alkanes of at least 4 members (excludes halogenated alkanes) is 21. The maximum absolute atomic E-state index is 12.8. The van der Waals surface area contributed by atoms with Gasteiger partial charge in [0.2, 0.25) is 0 Å². The quantitative estimate of drug-likeness (QED) is 0.0271. The molecule has 0 aromatic heterocycles. The van der Waals surface area contributed by atoms with Crippen molar-refractivity contribution in [2.75, 3.05) is 19.8 Å². The van der Waals surface area contributed by atoms with Crippen LogP contribution in [0, 0.1) is 0 Å². The molecule has 1 rings (SSSR count). The molecule has 6 atom stereocenters. The predicted octanol–water partition coefficient (Wildman–Crippen LogP) is 9.67. The molecule has 0 aliphatic carbocycles. The van der Waals surface area contributed by atoms with E-state index in [-0.39, 0.29) is 32.0 Å². The van der Waals surface area contributed by atoms with Crippen LogP contribution in [0.4, 0.5) is 0 Å². The lowest BCUT2D eigenvalue weighted by Gasteiger charge is -2.39. The highest BCUT2D eigenvalue weighted by molar-refractivity contribution is 5.70. The molecular formula is C47H82O10. The van der Waals surface area contributed by atoms with Crippen LogP contribution < -0.4 is 0 Å². The molecule has 4 N–H and O–H groups in total. The first-order valence-electron chi connectivity index (χ1n) is 22.8. The van der Waals surface area contributed by atoms with Crippen LogP contribution in [0.1, 0.15) is 181 Å².